The average molecular weight is 636 g/mol. The second kappa shape index (κ2) is 11.4. The highest BCUT2D eigenvalue weighted by Gasteiger charge is 2.19. The van der Waals surface area contributed by atoms with Gasteiger partial charge in [0.05, 0.1) is 57.6 Å². The molecule has 0 spiro atoms. The largest absolute Gasteiger partial charge is 0.319 e. The van der Waals surface area contributed by atoms with Crippen molar-refractivity contribution in [2.24, 2.45) is 0 Å². The number of fused-ring (bicyclic) bond motifs is 6. The lowest BCUT2D eigenvalue weighted by atomic mass is 9.95. The molecule has 2 aromatic heterocycles. The topological polar surface area (TPSA) is 61.8 Å². The van der Waals surface area contributed by atoms with Crippen LogP contribution in [0.25, 0.3) is 82.1 Å². The van der Waals surface area contributed by atoms with Crippen molar-refractivity contribution in [3.8, 4) is 45.8 Å². The molecule has 0 N–H and O–H groups in total. The number of nitriles is 2. The van der Waals surface area contributed by atoms with Gasteiger partial charge in [-0.15, -0.1) is 0 Å². The SMILES string of the molecule is [C-]#[N+]c1cccc2c3ccccc3n(-c3ccc(-c4cccc(-c5ccccc5-n5c6ccccc6c6cc(C#N)ccc65)c4)c(C#N)c3)c12. The smallest absolute Gasteiger partial charge is 0.211 e. The summed E-state index contributed by atoms with van der Waals surface area (Å²) in [6, 6.07) is 55.5. The lowest BCUT2D eigenvalue weighted by molar-refractivity contribution is 1.18. The molecule has 0 amide bonds. The van der Waals surface area contributed by atoms with Gasteiger partial charge in [0.1, 0.15) is 0 Å². The highest BCUT2D eigenvalue weighted by atomic mass is 15.0. The third-order valence-corrected chi connectivity index (χ3v) is 9.61. The normalized spacial score (nSPS) is 11.1. The Morgan fingerprint density at radius 2 is 1.16 bits per heavy atom. The Labute approximate surface area is 288 Å². The van der Waals surface area contributed by atoms with E-state index in [9.17, 15) is 10.5 Å². The summed E-state index contributed by atoms with van der Waals surface area (Å²) in [5, 5.41) is 24.3. The number of aromatic nitrogens is 2. The molecule has 0 saturated carbocycles. The van der Waals surface area contributed by atoms with Crippen LogP contribution in [0.4, 0.5) is 5.69 Å². The third kappa shape index (κ3) is 4.31. The van der Waals surface area contributed by atoms with Crippen molar-refractivity contribution in [2.75, 3.05) is 0 Å². The van der Waals surface area contributed by atoms with Crippen molar-refractivity contribution in [3.63, 3.8) is 0 Å². The molecule has 0 radical (unpaired) electrons. The minimum Gasteiger partial charge on any atom is -0.319 e. The molecule has 230 valence electrons. The first-order valence-corrected chi connectivity index (χ1v) is 16.3. The Hall–Kier alpha value is -7.39. The van der Waals surface area contributed by atoms with Gasteiger partial charge >= 0.3 is 0 Å². The van der Waals surface area contributed by atoms with Crippen molar-refractivity contribution in [1.82, 2.24) is 9.13 Å². The molecule has 0 aliphatic rings. The first-order valence-electron chi connectivity index (χ1n) is 16.3. The molecule has 2 heterocycles. The van der Waals surface area contributed by atoms with E-state index in [1.54, 1.807) is 0 Å². The van der Waals surface area contributed by atoms with Gasteiger partial charge in [0.25, 0.3) is 0 Å². The molecule has 5 nitrogen and oxygen atoms in total. The molecule has 50 heavy (non-hydrogen) atoms. The molecule has 7 aromatic carbocycles. The van der Waals surface area contributed by atoms with Crippen LogP contribution in [0.2, 0.25) is 0 Å². The van der Waals surface area contributed by atoms with Crippen LogP contribution >= 0.6 is 0 Å². The van der Waals surface area contributed by atoms with E-state index in [-0.39, 0.29) is 0 Å². The fourth-order valence-electron chi connectivity index (χ4n) is 7.44. The summed E-state index contributed by atoms with van der Waals surface area (Å²) in [7, 11) is 0. The van der Waals surface area contributed by atoms with Crippen molar-refractivity contribution in [3.05, 3.63) is 174 Å². The molecule has 0 saturated heterocycles. The Kier molecular flexibility index (Phi) is 6.56. The number of hydrogen-bond donors (Lipinski definition) is 0. The van der Waals surface area contributed by atoms with Gasteiger partial charge in [0, 0.05) is 27.4 Å². The highest BCUT2D eigenvalue weighted by molar-refractivity contribution is 6.13. The summed E-state index contributed by atoms with van der Waals surface area (Å²) in [6.45, 7) is 7.88. The van der Waals surface area contributed by atoms with Gasteiger partial charge in [0.15, 0.2) is 0 Å². The van der Waals surface area contributed by atoms with E-state index >= 15 is 0 Å². The Morgan fingerprint density at radius 1 is 0.500 bits per heavy atom. The fourth-order valence-corrected chi connectivity index (χ4v) is 7.44. The van der Waals surface area contributed by atoms with E-state index in [2.05, 4.69) is 80.7 Å². The Bertz CT molecular complexity index is 2970. The zero-order valence-electron chi connectivity index (χ0n) is 26.7. The number of para-hydroxylation sites is 4. The van der Waals surface area contributed by atoms with Crippen molar-refractivity contribution < 1.29 is 0 Å². The average Bonchev–Trinajstić information content (AvgIpc) is 3.70. The van der Waals surface area contributed by atoms with Crippen LogP contribution in [0.15, 0.2) is 152 Å². The minimum absolute atomic E-state index is 0.551. The molecule has 9 rings (SSSR count). The van der Waals surface area contributed by atoms with Crippen LogP contribution in [-0.2, 0) is 0 Å². The van der Waals surface area contributed by atoms with Gasteiger partial charge in [0.2, 0.25) is 5.69 Å². The van der Waals surface area contributed by atoms with Crippen LogP contribution in [0.3, 0.4) is 0 Å². The molecule has 0 aliphatic carbocycles. The van der Waals surface area contributed by atoms with Crippen LogP contribution in [0.1, 0.15) is 11.1 Å². The molecular weight excluding hydrogens is 611 g/mol. The van der Waals surface area contributed by atoms with Gasteiger partial charge in [-0.2, -0.15) is 10.5 Å². The quantitative estimate of drug-likeness (QED) is 0.181. The lowest BCUT2D eigenvalue weighted by Crippen LogP contribution is -1.98. The highest BCUT2D eigenvalue weighted by Crippen LogP contribution is 2.40. The fraction of sp³-hybridized carbons (Fsp3) is 0. The van der Waals surface area contributed by atoms with Crippen molar-refractivity contribution in [1.29, 1.82) is 10.5 Å². The predicted octanol–water partition coefficient (Wildman–Crippen LogP) is 11.5. The lowest BCUT2D eigenvalue weighted by Gasteiger charge is -2.15. The Balaban J connectivity index is 1.20. The Morgan fingerprint density at radius 3 is 1.94 bits per heavy atom. The first kappa shape index (κ1) is 28.8. The summed E-state index contributed by atoms with van der Waals surface area (Å²) in [6.07, 6.45) is 0. The summed E-state index contributed by atoms with van der Waals surface area (Å²) in [4.78, 5) is 3.84. The minimum atomic E-state index is 0.551. The summed E-state index contributed by atoms with van der Waals surface area (Å²) in [5.74, 6) is 0. The van der Waals surface area contributed by atoms with Gasteiger partial charge in [-0.25, -0.2) is 4.85 Å². The van der Waals surface area contributed by atoms with E-state index in [1.807, 2.05) is 97.1 Å². The third-order valence-electron chi connectivity index (χ3n) is 9.61. The second-order valence-corrected chi connectivity index (χ2v) is 12.3. The van der Waals surface area contributed by atoms with Gasteiger partial charge in [-0.3, -0.25) is 0 Å². The standard InChI is InChI=1S/C45H25N5/c1-48-40-16-9-15-38-36-13-3-6-18-42(36)49(45(38)40)33-21-22-34(32(26-33)28-47)30-10-8-11-31(25-30)35-12-2-5-17-41(35)50-43-19-7-4-14-37(43)39-24-29(27-46)20-23-44(39)50/h2-26H. The number of benzene rings is 7. The summed E-state index contributed by atoms with van der Waals surface area (Å²) >= 11 is 0. The van der Waals surface area contributed by atoms with E-state index in [0.717, 1.165) is 77.2 Å². The van der Waals surface area contributed by atoms with Crippen LogP contribution < -0.4 is 0 Å². The molecule has 0 atom stereocenters. The molecule has 0 bridgehead atoms. The van der Waals surface area contributed by atoms with E-state index in [1.165, 1.54) is 0 Å². The second-order valence-electron chi connectivity index (χ2n) is 12.3. The van der Waals surface area contributed by atoms with Gasteiger partial charge in [-0.1, -0.05) is 97.1 Å². The van der Waals surface area contributed by atoms with Crippen molar-refractivity contribution in [2.45, 2.75) is 0 Å². The monoisotopic (exact) mass is 635 g/mol. The number of hydrogen-bond acceptors (Lipinski definition) is 2. The molecule has 9 aromatic rings. The molecular formula is C45H25N5. The van der Waals surface area contributed by atoms with Gasteiger partial charge in [-0.05, 0) is 76.7 Å². The maximum atomic E-state index is 10.5. The van der Waals surface area contributed by atoms with E-state index in [0.29, 0.717) is 16.8 Å². The van der Waals surface area contributed by atoms with Crippen molar-refractivity contribution >= 4 is 49.3 Å². The zero-order valence-corrected chi connectivity index (χ0v) is 26.7. The number of nitrogens with zero attached hydrogens (tertiary/aromatic N) is 5. The summed E-state index contributed by atoms with van der Waals surface area (Å²) < 4.78 is 4.37. The molecule has 0 unspecified atom stereocenters. The first-order chi connectivity index (χ1) is 24.7. The van der Waals surface area contributed by atoms with Crippen LogP contribution in [-0.4, -0.2) is 9.13 Å². The van der Waals surface area contributed by atoms with E-state index < -0.39 is 0 Å². The van der Waals surface area contributed by atoms with Gasteiger partial charge < -0.3 is 9.13 Å². The van der Waals surface area contributed by atoms with E-state index in [4.69, 9.17) is 6.57 Å². The van der Waals surface area contributed by atoms with Crippen LogP contribution in [0, 0.1) is 29.2 Å². The maximum Gasteiger partial charge on any atom is 0.211 e. The zero-order chi connectivity index (χ0) is 33.8. The molecule has 0 fully saturated rings. The molecule has 5 heteroatoms. The molecule has 0 aliphatic heterocycles. The predicted molar refractivity (Wildman–Crippen MR) is 202 cm³/mol. The summed E-state index contributed by atoms with van der Waals surface area (Å²) in [5.41, 5.74) is 11.4. The maximum absolute atomic E-state index is 10.5. The number of rotatable bonds is 4. The van der Waals surface area contributed by atoms with Crippen LogP contribution in [0.5, 0.6) is 0 Å².